The van der Waals surface area contributed by atoms with Gasteiger partial charge in [-0.1, -0.05) is 6.92 Å². The van der Waals surface area contributed by atoms with Crippen molar-refractivity contribution in [2.45, 2.75) is 19.4 Å². The summed E-state index contributed by atoms with van der Waals surface area (Å²) in [7, 11) is 0. The Hall–Kier alpha value is -2.14. The van der Waals surface area contributed by atoms with Crippen LogP contribution in [0.4, 0.5) is 0 Å². The average molecular weight is 282 g/mol. The van der Waals surface area contributed by atoms with Crippen molar-refractivity contribution < 1.29 is 0 Å². The molecule has 0 radical (unpaired) electrons. The Morgan fingerprint density at radius 2 is 2.24 bits per heavy atom. The number of nitrogens with one attached hydrogen (secondary N) is 2. The van der Waals surface area contributed by atoms with Crippen molar-refractivity contribution in [2.75, 3.05) is 13.1 Å². The second kappa shape index (κ2) is 4.70. The number of fused-ring (bicyclic) bond motifs is 3. The van der Waals surface area contributed by atoms with Gasteiger partial charge in [-0.3, -0.25) is 4.79 Å². The Bertz CT molecular complexity index is 863. The van der Waals surface area contributed by atoms with E-state index in [1.165, 1.54) is 0 Å². The van der Waals surface area contributed by atoms with Gasteiger partial charge in [-0.2, -0.15) is 0 Å². The van der Waals surface area contributed by atoms with Gasteiger partial charge in [0.15, 0.2) is 5.43 Å². The standard InChI is InChI=1S/C16H18N4O/c1-10-2-5-17-9-13(10)20-7-4-14(21)12-8-19-16-11(15(12)20)3-6-18-16/h3-4,6-8,10,13,17H,2,5,9H2,1H3,(H,18,19). The Morgan fingerprint density at radius 3 is 3.10 bits per heavy atom. The first-order chi connectivity index (χ1) is 10.3. The first-order valence-electron chi connectivity index (χ1n) is 7.43. The average Bonchev–Trinajstić information content (AvgIpc) is 2.97. The molecule has 0 amide bonds. The summed E-state index contributed by atoms with van der Waals surface area (Å²) in [6.45, 7) is 4.29. The maximum Gasteiger partial charge on any atom is 0.190 e. The molecule has 2 unspecified atom stereocenters. The van der Waals surface area contributed by atoms with Crippen molar-refractivity contribution in [2.24, 2.45) is 5.92 Å². The Kier molecular flexibility index (Phi) is 2.82. The second-order valence-corrected chi connectivity index (χ2v) is 5.89. The molecule has 3 aromatic rings. The number of aromatic nitrogens is 3. The van der Waals surface area contributed by atoms with E-state index in [0.717, 1.165) is 36.1 Å². The molecule has 2 atom stereocenters. The minimum Gasteiger partial charge on any atom is -0.346 e. The molecule has 1 aliphatic rings. The number of H-pyrrole nitrogens is 1. The molecule has 4 rings (SSSR count). The number of pyridine rings is 2. The van der Waals surface area contributed by atoms with Crippen LogP contribution < -0.4 is 10.7 Å². The number of nitrogens with zero attached hydrogens (tertiary/aromatic N) is 2. The molecule has 1 saturated heterocycles. The Balaban J connectivity index is 2.06. The lowest BCUT2D eigenvalue weighted by molar-refractivity contribution is 0.279. The lowest BCUT2D eigenvalue weighted by Crippen LogP contribution is -2.37. The fraction of sp³-hybridized carbons (Fsp3) is 0.375. The van der Waals surface area contributed by atoms with Crippen LogP contribution in [-0.4, -0.2) is 27.6 Å². The third kappa shape index (κ3) is 1.88. The quantitative estimate of drug-likeness (QED) is 0.718. The second-order valence-electron chi connectivity index (χ2n) is 5.89. The van der Waals surface area contributed by atoms with E-state index in [1.807, 2.05) is 18.5 Å². The van der Waals surface area contributed by atoms with Crippen LogP contribution in [0.1, 0.15) is 19.4 Å². The lowest BCUT2D eigenvalue weighted by atomic mass is 9.94. The number of aromatic amines is 1. The predicted molar refractivity (Wildman–Crippen MR) is 83.5 cm³/mol. The van der Waals surface area contributed by atoms with Gasteiger partial charge in [-0.25, -0.2) is 4.98 Å². The molecule has 0 saturated carbocycles. The summed E-state index contributed by atoms with van der Waals surface area (Å²) in [4.78, 5) is 19.7. The van der Waals surface area contributed by atoms with E-state index in [9.17, 15) is 4.79 Å². The van der Waals surface area contributed by atoms with Crippen molar-refractivity contribution in [1.29, 1.82) is 0 Å². The van der Waals surface area contributed by atoms with Crippen molar-refractivity contribution in [3.8, 4) is 0 Å². The van der Waals surface area contributed by atoms with Gasteiger partial charge < -0.3 is 14.9 Å². The van der Waals surface area contributed by atoms with E-state index in [-0.39, 0.29) is 5.43 Å². The lowest BCUT2D eigenvalue weighted by Gasteiger charge is -2.32. The summed E-state index contributed by atoms with van der Waals surface area (Å²) in [5, 5.41) is 5.18. The van der Waals surface area contributed by atoms with Crippen molar-refractivity contribution >= 4 is 21.9 Å². The van der Waals surface area contributed by atoms with Crippen LogP contribution in [0.5, 0.6) is 0 Å². The topological polar surface area (TPSA) is 62.7 Å². The van der Waals surface area contributed by atoms with Gasteiger partial charge in [0.1, 0.15) is 5.65 Å². The molecule has 0 bridgehead atoms. The Morgan fingerprint density at radius 1 is 1.33 bits per heavy atom. The van der Waals surface area contributed by atoms with Gasteiger partial charge >= 0.3 is 0 Å². The van der Waals surface area contributed by atoms with Crippen LogP contribution in [0.25, 0.3) is 21.9 Å². The Labute approximate surface area is 122 Å². The summed E-state index contributed by atoms with van der Waals surface area (Å²) in [6.07, 6.45) is 6.65. The number of hydrogen-bond acceptors (Lipinski definition) is 3. The smallest absolute Gasteiger partial charge is 0.190 e. The van der Waals surface area contributed by atoms with Gasteiger partial charge in [0.25, 0.3) is 0 Å². The minimum atomic E-state index is 0.0354. The van der Waals surface area contributed by atoms with Gasteiger partial charge in [-0.05, 0) is 24.9 Å². The normalized spacial score (nSPS) is 22.9. The molecule has 0 aromatic carbocycles. The first kappa shape index (κ1) is 12.6. The van der Waals surface area contributed by atoms with Gasteiger partial charge in [0, 0.05) is 42.6 Å². The van der Waals surface area contributed by atoms with Crippen LogP contribution in [-0.2, 0) is 0 Å². The molecular weight excluding hydrogens is 264 g/mol. The monoisotopic (exact) mass is 282 g/mol. The maximum absolute atomic E-state index is 12.2. The van der Waals surface area contributed by atoms with Crippen LogP contribution in [0.3, 0.4) is 0 Å². The summed E-state index contributed by atoms with van der Waals surface area (Å²) in [6, 6.07) is 4.02. The van der Waals surface area contributed by atoms with E-state index < -0.39 is 0 Å². The fourth-order valence-electron chi connectivity index (χ4n) is 3.39. The van der Waals surface area contributed by atoms with Crippen molar-refractivity contribution in [3.63, 3.8) is 0 Å². The fourth-order valence-corrected chi connectivity index (χ4v) is 3.39. The molecule has 21 heavy (non-hydrogen) atoms. The third-order valence-corrected chi connectivity index (χ3v) is 4.61. The third-order valence-electron chi connectivity index (χ3n) is 4.61. The van der Waals surface area contributed by atoms with E-state index in [4.69, 9.17) is 0 Å². The van der Waals surface area contributed by atoms with Crippen LogP contribution >= 0.6 is 0 Å². The van der Waals surface area contributed by atoms with Gasteiger partial charge in [0.05, 0.1) is 10.9 Å². The van der Waals surface area contributed by atoms with Gasteiger partial charge in [0.2, 0.25) is 0 Å². The highest BCUT2D eigenvalue weighted by Gasteiger charge is 2.24. The van der Waals surface area contributed by atoms with Crippen LogP contribution in [0.2, 0.25) is 0 Å². The maximum atomic E-state index is 12.2. The number of hydrogen-bond donors (Lipinski definition) is 2. The first-order valence-corrected chi connectivity index (χ1v) is 7.43. The number of rotatable bonds is 1. The molecule has 1 fully saturated rings. The zero-order chi connectivity index (χ0) is 14.4. The molecule has 108 valence electrons. The van der Waals surface area contributed by atoms with E-state index in [1.54, 1.807) is 12.3 Å². The largest absolute Gasteiger partial charge is 0.346 e. The molecule has 0 aliphatic carbocycles. The highest BCUT2D eigenvalue weighted by atomic mass is 16.1. The van der Waals surface area contributed by atoms with Crippen molar-refractivity contribution in [3.05, 3.63) is 40.9 Å². The highest BCUT2D eigenvalue weighted by molar-refractivity contribution is 6.02. The van der Waals surface area contributed by atoms with E-state index >= 15 is 0 Å². The van der Waals surface area contributed by atoms with Gasteiger partial charge in [-0.15, -0.1) is 0 Å². The predicted octanol–water partition coefficient (Wildman–Crippen LogP) is 2.05. The number of piperidine rings is 1. The molecule has 0 spiro atoms. The molecule has 2 N–H and O–H groups in total. The molecule has 3 aromatic heterocycles. The summed E-state index contributed by atoms with van der Waals surface area (Å²) in [5.41, 5.74) is 1.86. The van der Waals surface area contributed by atoms with Crippen LogP contribution in [0, 0.1) is 5.92 Å². The zero-order valence-electron chi connectivity index (χ0n) is 12.0. The molecule has 5 heteroatoms. The summed E-state index contributed by atoms with van der Waals surface area (Å²) < 4.78 is 2.26. The van der Waals surface area contributed by atoms with Crippen LogP contribution in [0.15, 0.2) is 35.5 Å². The molecule has 4 heterocycles. The SMILES string of the molecule is CC1CCNCC1n1ccc(=O)c2cnc3[nH]ccc3c21. The highest BCUT2D eigenvalue weighted by Crippen LogP contribution is 2.29. The molecular formula is C16H18N4O. The summed E-state index contributed by atoms with van der Waals surface area (Å²) >= 11 is 0. The summed E-state index contributed by atoms with van der Waals surface area (Å²) in [5.74, 6) is 0.583. The van der Waals surface area contributed by atoms with E-state index in [2.05, 4.69) is 26.8 Å². The minimum absolute atomic E-state index is 0.0354. The molecule has 5 nitrogen and oxygen atoms in total. The van der Waals surface area contributed by atoms with Crippen molar-refractivity contribution in [1.82, 2.24) is 19.9 Å². The molecule has 1 aliphatic heterocycles. The van der Waals surface area contributed by atoms with E-state index in [0.29, 0.717) is 17.3 Å². The zero-order valence-corrected chi connectivity index (χ0v) is 12.0.